The second kappa shape index (κ2) is 5.42. The fourth-order valence-corrected chi connectivity index (χ4v) is 4.29. The van der Waals surface area contributed by atoms with Crippen LogP contribution in [-0.2, 0) is 0 Å². The number of alkyl halides is 6. The quantitative estimate of drug-likeness (QED) is 0.568. The molecular weight excluding hydrogens is 310 g/mol. The number of hydrogen-bond donors (Lipinski definition) is 1. The first-order valence-corrected chi connectivity index (χ1v) is 7.53. The number of fused-ring (bicyclic) bond motifs is 2. The van der Waals surface area contributed by atoms with Crippen molar-refractivity contribution in [3.8, 4) is 0 Å². The van der Waals surface area contributed by atoms with Gasteiger partial charge in [0.05, 0.1) is 0 Å². The van der Waals surface area contributed by atoms with Gasteiger partial charge < -0.3 is 5.11 Å². The van der Waals surface area contributed by atoms with E-state index >= 15 is 0 Å². The monoisotopic (exact) mass is 330 g/mol. The van der Waals surface area contributed by atoms with Crippen molar-refractivity contribution in [2.45, 2.75) is 63.9 Å². The first-order valence-electron chi connectivity index (χ1n) is 7.53. The largest absolute Gasteiger partial charge is 0.426 e. The van der Waals surface area contributed by atoms with E-state index in [2.05, 4.69) is 0 Å². The summed E-state index contributed by atoms with van der Waals surface area (Å²) in [6.07, 6.45) is -10.4. The summed E-state index contributed by atoms with van der Waals surface area (Å²) < 4.78 is 77.0. The van der Waals surface area contributed by atoms with E-state index in [-0.39, 0.29) is 11.8 Å². The summed E-state index contributed by atoms with van der Waals surface area (Å²) in [5.74, 6) is -0.414. The third-order valence-corrected chi connectivity index (χ3v) is 5.29. The summed E-state index contributed by atoms with van der Waals surface area (Å²) >= 11 is 0. The Morgan fingerprint density at radius 2 is 1.59 bits per heavy atom. The molecule has 0 aliphatic heterocycles. The lowest BCUT2D eigenvalue weighted by molar-refractivity contribution is -0.372. The lowest BCUT2D eigenvalue weighted by atomic mass is 9.76. The normalized spacial score (nSPS) is 29.6. The van der Waals surface area contributed by atoms with Crippen molar-refractivity contribution < 1.29 is 31.4 Å². The summed E-state index contributed by atoms with van der Waals surface area (Å²) in [6, 6.07) is 0. The molecule has 7 heteroatoms. The molecule has 1 nitrogen and oxygen atoms in total. The van der Waals surface area contributed by atoms with Gasteiger partial charge in [-0.15, -0.1) is 0 Å². The zero-order chi connectivity index (χ0) is 16.9. The zero-order valence-corrected chi connectivity index (χ0v) is 12.5. The number of allylic oxidation sites excluding steroid dienone is 2. The highest BCUT2D eigenvalue weighted by molar-refractivity contribution is 5.32. The van der Waals surface area contributed by atoms with Crippen LogP contribution in [0.1, 0.15) is 46.0 Å². The molecule has 3 atom stereocenters. The van der Waals surface area contributed by atoms with Crippen LogP contribution >= 0.6 is 0 Å². The molecule has 0 spiro atoms. The van der Waals surface area contributed by atoms with Gasteiger partial charge in [-0.2, -0.15) is 26.3 Å². The number of hydrogen-bond acceptors (Lipinski definition) is 1. The lowest BCUT2D eigenvalue weighted by Gasteiger charge is -2.36. The van der Waals surface area contributed by atoms with E-state index in [0.29, 0.717) is 19.3 Å². The molecule has 0 radical (unpaired) electrons. The number of aliphatic hydroxyl groups is 1. The van der Waals surface area contributed by atoms with Crippen LogP contribution in [0.5, 0.6) is 0 Å². The molecule has 0 aromatic rings. The summed E-state index contributed by atoms with van der Waals surface area (Å²) in [5, 5.41) is 9.38. The molecular formula is C15H20F6O. The minimum atomic E-state index is -5.72. The van der Waals surface area contributed by atoms with Crippen molar-refractivity contribution in [2.75, 3.05) is 0 Å². The van der Waals surface area contributed by atoms with Crippen molar-refractivity contribution >= 4 is 0 Å². The molecule has 1 fully saturated rings. The Balaban J connectivity index is 2.31. The van der Waals surface area contributed by atoms with E-state index < -0.39 is 30.3 Å². The maximum atomic E-state index is 12.8. The van der Waals surface area contributed by atoms with Gasteiger partial charge in [0.2, 0.25) is 0 Å². The number of halogens is 6. The SMILES string of the molecule is CCC1=C2CC(CC2CC(O)(C(F)(F)F)C(F)(F)F)C1CC. The Hall–Kier alpha value is -0.720. The highest BCUT2D eigenvalue weighted by Crippen LogP contribution is 2.57. The van der Waals surface area contributed by atoms with Crippen LogP contribution in [-0.4, -0.2) is 23.1 Å². The van der Waals surface area contributed by atoms with Crippen molar-refractivity contribution in [1.82, 2.24) is 0 Å². The predicted molar refractivity (Wildman–Crippen MR) is 69.0 cm³/mol. The average molecular weight is 330 g/mol. The Labute approximate surface area is 125 Å². The molecule has 2 bridgehead atoms. The lowest BCUT2D eigenvalue weighted by Crippen LogP contribution is -2.57. The molecule has 2 rings (SSSR count). The van der Waals surface area contributed by atoms with E-state index in [1.165, 1.54) is 0 Å². The van der Waals surface area contributed by atoms with Gasteiger partial charge in [-0.25, -0.2) is 0 Å². The van der Waals surface area contributed by atoms with Crippen LogP contribution < -0.4 is 0 Å². The van der Waals surface area contributed by atoms with Gasteiger partial charge in [-0.05, 0) is 43.4 Å². The molecule has 1 saturated carbocycles. The molecule has 2 aliphatic carbocycles. The minimum absolute atomic E-state index is 0.130. The van der Waals surface area contributed by atoms with Gasteiger partial charge in [0, 0.05) is 6.42 Å². The summed E-state index contributed by atoms with van der Waals surface area (Å²) in [5.41, 5.74) is -2.88. The topological polar surface area (TPSA) is 20.2 Å². The van der Waals surface area contributed by atoms with Crippen molar-refractivity contribution in [3.63, 3.8) is 0 Å². The van der Waals surface area contributed by atoms with E-state index in [0.717, 1.165) is 17.6 Å². The van der Waals surface area contributed by atoms with Crippen LogP contribution in [0.25, 0.3) is 0 Å². The molecule has 2 aliphatic rings. The van der Waals surface area contributed by atoms with Crippen molar-refractivity contribution in [1.29, 1.82) is 0 Å². The minimum Gasteiger partial charge on any atom is -0.374 e. The maximum absolute atomic E-state index is 12.8. The van der Waals surface area contributed by atoms with Gasteiger partial charge in [-0.1, -0.05) is 25.0 Å². The molecule has 128 valence electrons. The van der Waals surface area contributed by atoms with Crippen LogP contribution in [0.15, 0.2) is 11.1 Å². The Kier molecular flexibility index (Phi) is 4.35. The smallest absolute Gasteiger partial charge is 0.374 e. The van der Waals surface area contributed by atoms with E-state index in [1.807, 2.05) is 13.8 Å². The molecule has 0 heterocycles. The summed E-state index contributed by atoms with van der Waals surface area (Å²) in [6.45, 7) is 3.86. The van der Waals surface area contributed by atoms with Crippen LogP contribution in [0.2, 0.25) is 0 Å². The molecule has 0 amide bonds. The molecule has 0 aromatic carbocycles. The van der Waals surface area contributed by atoms with Crippen LogP contribution in [0, 0.1) is 17.8 Å². The van der Waals surface area contributed by atoms with Gasteiger partial charge in [0.1, 0.15) is 0 Å². The molecule has 1 N–H and O–H groups in total. The third-order valence-electron chi connectivity index (χ3n) is 5.29. The standard InChI is InChI=1S/C15H20F6O/c1-3-10-8-5-9(12(6-8)11(10)4-2)7-13(22,14(16,17)18)15(19,20)21/h8-10,22H,3-7H2,1-2H3. The predicted octanol–water partition coefficient (Wildman–Crippen LogP) is 5.00. The van der Waals surface area contributed by atoms with Gasteiger partial charge in [0.25, 0.3) is 5.60 Å². The summed E-state index contributed by atoms with van der Waals surface area (Å²) in [7, 11) is 0. The van der Waals surface area contributed by atoms with Crippen molar-refractivity contribution in [3.05, 3.63) is 11.1 Å². The average Bonchev–Trinajstić information content (AvgIpc) is 2.92. The second-order valence-corrected chi connectivity index (χ2v) is 6.38. The molecule has 0 aromatic heterocycles. The van der Waals surface area contributed by atoms with Gasteiger partial charge in [0.15, 0.2) is 0 Å². The summed E-state index contributed by atoms with van der Waals surface area (Å²) in [4.78, 5) is 0. The van der Waals surface area contributed by atoms with Gasteiger partial charge in [-0.3, -0.25) is 0 Å². The second-order valence-electron chi connectivity index (χ2n) is 6.38. The maximum Gasteiger partial charge on any atom is 0.426 e. The first-order chi connectivity index (χ1) is 9.96. The Morgan fingerprint density at radius 1 is 1.05 bits per heavy atom. The van der Waals surface area contributed by atoms with E-state index in [9.17, 15) is 31.4 Å². The van der Waals surface area contributed by atoms with Gasteiger partial charge >= 0.3 is 12.4 Å². The first kappa shape index (κ1) is 17.6. The highest BCUT2D eigenvalue weighted by atomic mass is 19.4. The third kappa shape index (κ3) is 2.55. The fraction of sp³-hybridized carbons (Fsp3) is 0.867. The number of rotatable bonds is 4. The van der Waals surface area contributed by atoms with Crippen LogP contribution in [0.4, 0.5) is 26.3 Å². The van der Waals surface area contributed by atoms with Crippen LogP contribution in [0.3, 0.4) is 0 Å². The van der Waals surface area contributed by atoms with E-state index in [4.69, 9.17) is 0 Å². The van der Waals surface area contributed by atoms with Crippen molar-refractivity contribution in [2.24, 2.45) is 17.8 Å². The molecule has 22 heavy (non-hydrogen) atoms. The molecule has 0 saturated heterocycles. The highest BCUT2D eigenvalue weighted by Gasteiger charge is 2.71. The molecule has 3 unspecified atom stereocenters. The fourth-order valence-electron chi connectivity index (χ4n) is 4.29. The Bertz CT molecular complexity index is 448. The zero-order valence-electron chi connectivity index (χ0n) is 12.5. The Morgan fingerprint density at radius 3 is 2.00 bits per heavy atom. The van der Waals surface area contributed by atoms with E-state index in [1.54, 1.807) is 0 Å².